The van der Waals surface area contributed by atoms with Crippen molar-refractivity contribution in [1.29, 1.82) is 0 Å². The maximum Gasteiger partial charge on any atom is 0.223 e. The quantitative estimate of drug-likeness (QED) is 0.701. The van der Waals surface area contributed by atoms with Gasteiger partial charge in [0, 0.05) is 32.1 Å². The van der Waals surface area contributed by atoms with E-state index in [9.17, 15) is 18.0 Å². The van der Waals surface area contributed by atoms with Crippen LogP contribution >= 0.6 is 0 Å². The second-order valence-electron chi connectivity index (χ2n) is 5.24. The number of sulfonamides is 1. The third-order valence-electron chi connectivity index (χ3n) is 3.89. The second-order valence-corrected chi connectivity index (χ2v) is 7.23. The number of hydrogen-bond donors (Lipinski definition) is 1. The predicted molar refractivity (Wildman–Crippen MR) is 68.5 cm³/mol. The van der Waals surface area contributed by atoms with Gasteiger partial charge in [0.1, 0.15) is 0 Å². The first-order chi connectivity index (χ1) is 8.79. The van der Waals surface area contributed by atoms with E-state index in [1.54, 1.807) is 4.90 Å². The van der Waals surface area contributed by atoms with Crippen LogP contribution in [-0.2, 0) is 19.6 Å². The van der Waals surface area contributed by atoms with Gasteiger partial charge in [-0.25, -0.2) is 12.7 Å². The van der Waals surface area contributed by atoms with Gasteiger partial charge in [-0.3, -0.25) is 9.59 Å². The van der Waals surface area contributed by atoms with Crippen molar-refractivity contribution in [3.05, 3.63) is 0 Å². The molecule has 2 heterocycles. The molecule has 1 atom stereocenters. The standard InChI is InChI=1S/C11H19N3O4S/c1-19(17,18)13-4-2-9(3-5-13)14-7-8(11(12)16)6-10(14)15/h8-9H,2-7H2,1H3,(H2,12,16). The molecule has 2 aliphatic rings. The second kappa shape index (κ2) is 5.09. The van der Waals surface area contributed by atoms with Gasteiger partial charge in [-0.15, -0.1) is 0 Å². The lowest BCUT2D eigenvalue weighted by Gasteiger charge is -2.35. The molecule has 2 amide bonds. The van der Waals surface area contributed by atoms with Gasteiger partial charge in [0.05, 0.1) is 12.2 Å². The van der Waals surface area contributed by atoms with Crippen molar-refractivity contribution >= 4 is 21.8 Å². The Morgan fingerprint density at radius 1 is 1.32 bits per heavy atom. The Kier molecular flexibility index (Phi) is 3.82. The van der Waals surface area contributed by atoms with Crippen LogP contribution in [0.3, 0.4) is 0 Å². The maximum absolute atomic E-state index is 11.9. The number of rotatable bonds is 3. The summed E-state index contributed by atoms with van der Waals surface area (Å²) in [5.41, 5.74) is 5.23. The molecule has 0 aliphatic carbocycles. The highest BCUT2D eigenvalue weighted by atomic mass is 32.2. The minimum Gasteiger partial charge on any atom is -0.369 e. The molecule has 0 aromatic rings. The molecule has 8 heteroatoms. The Bertz CT molecular complexity index is 482. The van der Waals surface area contributed by atoms with Gasteiger partial charge in [-0.05, 0) is 12.8 Å². The van der Waals surface area contributed by atoms with E-state index in [-0.39, 0.29) is 18.4 Å². The van der Waals surface area contributed by atoms with Crippen molar-refractivity contribution in [3.63, 3.8) is 0 Å². The molecule has 2 N–H and O–H groups in total. The van der Waals surface area contributed by atoms with Crippen LogP contribution < -0.4 is 5.73 Å². The Morgan fingerprint density at radius 2 is 1.89 bits per heavy atom. The van der Waals surface area contributed by atoms with Gasteiger partial charge in [0.25, 0.3) is 0 Å². The molecule has 7 nitrogen and oxygen atoms in total. The summed E-state index contributed by atoms with van der Waals surface area (Å²) in [6.07, 6.45) is 2.60. The molecule has 2 saturated heterocycles. The van der Waals surface area contributed by atoms with Crippen LogP contribution in [0.1, 0.15) is 19.3 Å². The lowest BCUT2D eigenvalue weighted by molar-refractivity contribution is -0.130. The van der Waals surface area contributed by atoms with E-state index in [0.717, 1.165) is 0 Å². The topological polar surface area (TPSA) is 101 Å². The largest absolute Gasteiger partial charge is 0.369 e. The van der Waals surface area contributed by atoms with E-state index >= 15 is 0 Å². The molecule has 0 bridgehead atoms. The number of carbonyl (C=O) groups is 2. The van der Waals surface area contributed by atoms with E-state index in [1.165, 1.54) is 10.6 Å². The molecule has 2 fully saturated rings. The molecular formula is C11H19N3O4S. The van der Waals surface area contributed by atoms with Gasteiger partial charge in [0.2, 0.25) is 21.8 Å². The lowest BCUT2D eigenvalue weighted by atomic mass is 10.1. The van der Waals surface area contributed by atoms with Crippen LogP contribution in [0, 0.1) is 5.92 Å². The fourth-order valence-corrected chi connectivity index (χ4v) is 3.63. The van der Waals surface area contributed by atoms with Crippen LogP contribution in [-0.4, -0.2) is 61.4 Å². The molecule has 0 saturated carbocycles. The first-order valence-electron chi connectivity index (χ1n) is 6.33. The summed E-state index contributed by atoms with van der Waals surface area (Å²) >= 11 is 0. The first-order valence-corrected chi connectivity index (χ1v) is 8.18. The SMILES string of the molecule is CS(=O)(=O)N1CCC(N2CC(C(N)=O)CC2=O)CC1. The molecule has 0 aromatic carbocycles. The minimum atomic E-state index is -3.15. The Balaban J connectivity index is 1.95. The summed E-state index contributed by atoms with van der Waals surface area (Å²) in [6, 6.07) is 0.0230. The third-order valence-corrected chi connectivity index (χ3v) is 5.20. The average Bonchev–Trinajstić information content (AvgIpc) is 2.70. The van der Waals surface area contributed by atoms with E-state index < -0.39 is 21.8 Å². The number of nitrogens with zero attached hydrogens (tertiary/aromatic N) is 2. The van der Waals surface area contributed by atoms with Crippen molar-refractivity contribution in [1.82, 2.24) is 9.21 Å². The molecule has 1 unspecified atom stereocenters. The number of piperidine rings is 1. The van der Waals surface area contributed by atoms with Gasteiger partial charge in [-0.2, -0.15) is 0 Å². The third kappa shape index (κ3) is 3.06. The maximum atomic E-state index is 11.9. The van der Waals surface area contributed by atoms with E-state index in [2.05, 4.69) is 0 Å². The van der Waals surface area contributed by atoms with Crippen molar-refractivity contribution < 1.29 is 18.0 Å². The normalized spacial score (nSPS) is 26.9. The molecule has 2 aliphatic heterocycles. The molecule has 0 aromatic heterocycles. The Labute approximate surface area is 112 Å². The smallest absolute Gasteiger partial charge is 0.223 e. The Morgan fingerprint density at radius 3 is 2.32 bits per heavy atom. The number of primary amides is 1. The zero-order valence-corrected chi connectivity index (χ0v) is 11.7. The lowest BCUT2D eigenvalue weighted by Crippen LogP contribution is -2.47. The van der Waals surface area contributed by atoms with Crippen molar-refractivity contribution in [3.8, 4) is 0 Å². The van der Waals surface area contributed by atoms with Crippen LogP contribution in [0.4, 0.5) is 0 Å². The summed E-state index contributed by atoms with van der Waals surface area (Å²) in [5.74, 6) is -0.897. The minimum absolute atomic E-state index is 0.0230. The summed E-state index contributed by atoms with van der Waals surface area (Å²) in [5, 5.41) is 0. The number of likely N-dealkylation sites (tertiary alicyclic amines) is 1. The number of nitrogens with two attached hydrogens (primary N) is 1. The van der Waals surface area contributed by atoms with Gasteiger partial charge < -0.3 is 10.6 Å². The number of amides is 2. The average molecular weight is 289 g/mol. The molecular weight excluding hydrogens is 270 g/mol. The van der Waals surface area contributed by atoms with Gasteiger partial charge >= 0.3 is 0 Å². The first kappa shape index (κ1) is 14.3. The monoisotopic (exact) mass is 289 g/mol. The predicted octanol–water partition coefficient (Wildman–Crippen LogP) is -1.26. The van der Waals surface area contributed by atoms with E-state index in [4.69, 9.17) is 5.73 Å². The number of carbonyl (C=O) groups excluding carboxylic acids is 2. The summed E-state index contributed by atoms with van der Waals surface area (Å²) in [6.45, 7) is 1.22. The van der Waals surface area contributed by atoms with Gasteiger partial charge in [0.15, 0.2) is 0 Å². The van der Waals surface area contributed by atoms with Crippen LogP contribution in [0.2, 0.25) is 0 Å². The number of hydrogen-bond acceptors (Lipinski definition) is 4. The zero-order chi connectivity index (χ0) is 14.2. The van der Waals surface area contributed by atoms with Crippen molar-refractivity contribution in [2.45, 2.75) is 25.3 Å². The summed E-state index contributed by atoms with van der Waals surface area (Å²) in [7, 11) is -3.15. The highest BCUT2D eigenvalue weighted by Gasteiger charge is 2.38. The summed E-state index contributed by atoms with van der Waals surface area (Å²) < 4.78 is 24.2. The molecule has 2 rings (SSSR count). The highest BCUT2D eigenvalue weighted by molar-refractivity contribution is 7.88. The highest BCUT2D eigenvalue weighted by Crippen LogP contribution is 2.25. The fraction of sp³-hybridized carbons (Fsp3) is 0.818. The molecule has 0 radical (unpaired) electrons. The molecule has 19 heavy (non-hydrogen) atoms. The molecule has 0 spiro atoms. The van der Waals surface area contributed by atoms with Crippen molar-refractivity contribution in [2.24, 2.45) is 11.7 Å². The van der Waals surface area contributed by atoms with E-state index in [0.29, 0.717) is 32.5 Å². The van der Waals surface area contributed by atoms with E-state index in [1.807, 2.05) is 0 Å². The van der Waals surface area contributed by atoms with Crippen LogP contribution in [0.5, 0.6) is 0 Å². The van der Waals surface area contributed by atoms with Crippen molar-refractivity contribution in [2.75, 3.05) is 25.9 Å². The zero-order valence-electron chi connectivity index (χ0n) is 10.9. The van der Waals surface area contributed by atoms with Crippen LogP contribution in [0.15, 0.2) is 0 Å². The molecule has 108 valence electrons. The fourth-order valence-electron chi connectivity index (χ4n) is 2.76. The Hall–Kier alpha value is -1.15. The van der Waals surface area contributed by atoms with Crippen LogP contribution in [0.25, 0.3) is 0 Å². The summed E-state index contributed by atoms with van der Waals surface area (Å²) in [4.78, 5) is 24.7. The van der Waals surface area contributed by atoms with Gasteiger partial charge in [-0.1, -0.05) is 0 Å².